The maximum Gasteiger partial charge on any atom is 0.126 e. The van der Waals surface area contributed by atoms with Gasteiger partial charge in [-0.2, -0.15) is 0 Å². The van der Waals surface area contributed by atoms with E-state index in [0.717, 1.165) is 48.9 Å². The number of aliphatic imine (C=N–C) groups is 1. The van der Waals surface area contributed by atoms with E-state index < -0.39 is 0 Å². The van der Waals surface area contributed by atoms with Crippen LogP contribution in [-0.4, -0.2) is 12.8 Å². The van der Waals surface area contributed by atoms with Crippen LogP contribution in [0.1, 0.15) is 69.9 Å². The minimum atomic E-state index is -0.107. The average molecular weight is 407 g/mol. The number of hydrogen-bond donors (Lipinski definition) is 1. The van der Waals surface area contributed by atoms with E-state index in [4.69, 9.17) is 17.3 Å². The van der Waals surface area contributed by atoms with Crippen molar-refractivity contribution < 1.29 is 4.39 Å². The van der Waals surface area contributed by atoms with Gasteiger partial charge in [-0.05, 0) is 55.7 Å². The van der Waals surface area contributed by atoms with Gasteiger partial charge in [0.15, 0.2) is 0 Å². The molecule has 0 heterocycles. The van der Waals surface area contributed by atoms with Crippen molar-refractivity contribution in [2.45, 2.75) is 71.6 Å². The molecular weight excluding hydrogens is 371 g/mol. The molecule has 0 aromatic heterocycles. The Morgan fingerprint density at radius 1 is 1.25 bits per heavy atom. The van der Waals surface area contributed by atoms with E-state index in [1.54, 1.807) is 12.3 Å². The minimum absolute atomic E-state index is 0.107. The number of allylic oxidation sites excluding steroid dienone is 2. The van der Waals surface area contributed by atoms with E-state index in [9.17, 15) is 4.39 Å². The third kappa shape index (κ3) is 10.7. The fraction of sp³-hybridized carbons (Fsp3) is 0.542. The SMILES string of the molecule is C=C(C)Cc1ccc(CCCCC(CCCC)CCN=C/C(Cl)=C\N)cc1F. The van der Waals surface area contributed by atoms with Crippen LogP contribution in [0.3, 0.4) is 0 Å². The van der Waals surface area contributed by atoms with Gasteiger partial charge in [-0.15, -0.1) is 0 Å². The predicted molar refractivity (Wildman–Crippen MR) is 122 cm³/mol. The summed E-state index contributed by atoms with van der Waals surface area (Å²) in [6.07, 6.45) is 12.8. The first-order valence-electron chi connectivity index (χ1n) is 10.4. The first kappa shape index (κ1) is 24.4. The van der Waals surface area contributed by atoms with Crippen molar-refractivity contribution in [3.63, 3.8) is 0 Å². The summed E-state index contributed by atoms with van der Waals surface area (Å²) in [5.74, 6) is 0.580. The molecule has 2 nitrogen and oxygen atoms in total. The van der Waals surface area contributed by atoms with E-state index in [1.807, 2.05) is 13.0 Å². The molecule has 2 N–H and O–H groups in total. The van der Waals surface area contributed by atoms with Crippen molar-refractivity contribution in [1.29, 1.82) is 0 Å². The van der Waals surface area contributed by atoms with Crippen LogP contribution in [-0.2, 0) is 12.8 Å². The van der Waals surface area contributed by atoms with Crippen LogP contribution >= 0.6 is 11.6 Å². The summed E-state index contributed by atoms with van der Waals surface area (Å²) in [5, 5.41) is 0.478. The van der Waals surface area contributed by atoms with Crippen molar-refractivity contribution in [3.05, 3.63) is 58.5 Å². The van der Waals surface area contributed by atoms with Crippen LogP contribution in [0.2, 0.25) is 0 Å². The quantitative estimate of drug-likeness (QED) is 0.202. The second-order valence-electron chi connectivity index (χ2n) is 7.69. The smallest absolute Gasteiger partial charge is 0.126 e. The lowest BCUT2D eigenvalue weighted by atomic mass is 9.92. The van der Waals surface area contributed by atoms with Crippen LogP contribution in [0.15, 0.2) is 46.6 Å². The number of benzene rings is 1. The van der Waals surface area contributed by atoms with Crippen molar-refractivity contribution >= 4 is 17.8 Å². The maximum absolute atomic E-state index is 14.2. The predicted octanol–water partition coefficient (Wildman–Crippen LogP) is 6.96. The fourth-order valence-electron chi connectivity index (χ4n) is 3.35. The van der Waals surface area contributed by atoms with Gasteiger partial charge in [0.2, 0.25) is 0 Å². The minimum Gasteiger partial charge on any atom is -0.403 e. The number of hydrogen-bond acceptors (Lipinski definition) is 2. The molecule has 0 saturated carbocycles. The Morgan fingerprint density at radius 3 is 2.64 bits per heavy atom. The largest absolute Gasteiger partial charge is 0.403 e. The number of halogens is 2. The van der Waals surface area contributed by atoms with Gasteiger partial charge in [-0.3, -0.25) is 4.99 Å². The Labute approximate surface area is 175 Å². The Balaban J connectivity index is 2.41. The molecule has 156 valence electrons. The van der Waals surface area contributed by atoms with Gasteiger partial charge in [0.1, 0.15) is 5.82 Å². The number of nitrogens with zero attached hydrogens (tertiary/aromatic N) is 1. The molecule has 0 radical (unpaired) electrons. The molecular formula is C24H36ClFN2. The highest BCUT2D eigenvalue weighted by Crippen LogP contribution is 2.21. The average Bonchev–Trinajstić information content (AvgIpc) is 2.67. The second-order valence-corrected chi connectivity index (χ2v) is 8.13. The summed E-state index contributed by atoms with van der Waals surface area (Å²) >= 11 is 5.83. The molecule has 28 heavy (non-hydrogen) atoms. The third-order valence-electron chi connectivity index (χ3n) is 4.94. The normalized spacial score (nSPS) is 13.2. The Bertz CT molecular complexity index is 652. The molecule has 1 aromatic carbocycles. The zero-order chi connectivity index (χ0) is 20.8. The molecule has 0 bridgehead atoms. The van der Waals surface area contributed by atoms with Crippen LogP contribution in [0.25, 0.3) is 0 Å². The first-order valence-corrected chi connectivity index (χ1v) is 10.8. The molecule has 0 aliphatic rings. The van der Waals surface area contributed by atoms with Gasteiger partial charge in [-0.25, -0.2) is 4.39 Å². The van der Waals surface area contributed by atoms with E-state index in [0.29, 0.717) is 17.4 Å². The van der Waals surface area contributed by atoms with Crippen LogP contribution in [0.5, 0.6) is 0 Å². The van der Waals surface area contributed by atoms with Crippen LogP contribution in [0.4, 0.5) is 4.39 Å². The van der Waals surface area contributed by atoms with E-state index in [-0.39, 0.29) is 5.82 Å². The van der Waals surface area contributed by atoms with Gasteiger partial charge in [0.25, 0.3) is 0 Å². The van der Waals surface area contributed by atoms with E-state index in [2.05, 4.69) is 24.6 Å². The van der Waals surface area contributed by atoms with Crippen molar-refractivity contribution in [1.82, 2.24) is 0 Å². The molecule has 0 amide bonds. The number of aryl methyl sites for hydroxylation is 1. The fourth-order valence-corrected chi connectivity index (χ4v) is 3.42. The van der Waals surface area contributed by atoms with Crippen molar-refractivity contribution in [3.8, 4) is 0 Å². The Kier molecular flexibility index (Phi) is 12.6. The molecule has 0 saturated heterocycles. The van der Waals surface area contributed by atoms with Gasteiger partial charge < -0.3 is 5.73 Å². The Hall–Kier alpha value is -1.61. The van der Waals surface area contributed by atoms with Gasteiger partial charge in [0.05, 0.1) is 5.03 Å². The lowest BCUT2D eigenvalue weighted by molar-refractivity contribution is 0.396. The topological polar surface area (TPSA) is 38.4 Å². The van der Waals surface area contributed by atoms with Crippen molar-refractivity contribution in [2.75, 3.05) is 6.54 Å². The standard InChI is InChI=1S/C24H36ClFN2/c1-4-5-8-20(13-14-28-18-23(25)17-27)9-6-7-10-21-11-12-22(15-19(2)3)24(26)16-21/h11-12,16-18,20H,2,4-10,13-15,27H2,1,3H3/b23-17+,28-18?. The first-order chi connectivity index (χ1) is 13.5. The molecule has 0 aliphatic carbocycles. The summed E-state index contributed by atoms with van der Waals surface area (Å²) < 4.78 is 14.2. The maximum atomic E-state index is 14.2. The van der Waals surface area contributed by atoms with E-state index >= 15 is 0 Å². The number of rotatable bonds is 14. The molecule has 1 rings (SSSR count). The number of nitrogens with two attached hydrogens (primary N) is 1. The monoisotopic (exact) mass is 406 g/mol. The van der Waals surface area contributed by atoms with Gasteiger partial charge in [-0.1, -0.05) is 74.9 Å². The summed E-state index contributed by atoms with van der Waals surface area (Å²) in [6.45, 7) is 8.80. The zero-order valence-electron chi connectivity index (χ0n) is 17.5. The van der Waals surface area contributed by atoms with Crippen molar-refractivity contribution in [2.24, 2.45) is 16.6 Å². The summed E-state index contributed by atoms with van der Waals surface area (Å²) in [5.41, 5.74) is 8.14. The molecule has 4 heteroatoms. The molecule has 0 fully saturated rings. The summed E-state index contributed by atoms with van der Waals surface area (Å²) in [6, 6.07) is 5.65. The summed E-state index contributed by atoms with van der Waals surface area (Å²) in [4.78, 5) is 4.35. The van der Waals surface area contributed by atoms with Crippen LogP contribution < -0.4 is 5.73 Å². The summed E-state index contributed by atoms with van der Waals surface area (Å²) in [7, 11) is 0. The van der Waals surface area contributed by atoms with Gasteiger partial charge in [0, 0.05) is 19.0 Å². The molecule has 1 unspecified atom stereocenters. The zero-order valence-corrected chi connectivity index (χ0v) is 18.3. The third-order valence-corrected chi connectivity index (χ3v) is 5.17. The molecule has 0 spiro atoms. The highest BCUT2D eigenvalue weighted by atomic mass is 35.5. The highest BCUT2D eigenvalue weighted by Gasteiger charge is 2.09. The molecule has 0 aliphatic heterocycles. The highest BCUT2D eigenvalue weighted by molar-refractivity contribution is 6.39. The second kappa shape index (κ2) is 14.4. The van der Waals surface area contributed by atoms with Crippen LogP contribution in [0, 0.1) is 11.7 Å². The van der Waals surface area contributed by atoms with E-state index in [1.165, 1.54) is 31.9 Å². The Morgan fingerprint density at radius 2 is 2.00 bits per heavy atom. The lowest BCUT2D eigenvalue weighted by Crippen LogP contribution is -2.04. The number of unbranched alkanes of at least 4 members (excludes halogenated alkanes) is 2. The van der Waals surface area contributed by atoms with Gasteiger partial charge >= 0.3 is 0 Å². The molecule has 1 aromatic rings. The lowest BCUT2D eigenvalue weighted by Gasteiger charge is -2.15. The molecule has 1 atom stereocenters.